The third-order valence-electron chi connectivity index (χ3n) is 6.50. The molecule has 1 aromatic carbocycles. The minimum absolute atomic E-state index is 0.156. The van der Waals surface area contributed by atoms with E-state index in [2.05, 4.69) is 26.0 Å². The highest BCUT2D eigenvalue weighted by atomic mass is 16.5. The third kappa shape index (κ3) is 4.56. The van der Waals surface area contributed by atoms with Crippen LogP contribution in [0.1, 0.15) is 18.5 Å². The van der Waals surface area contributed by atoms with Crippen molar-refractivity contribution in [3.8, 4) is 0 Å². The first-order valence-electron chi connectivity index (χ1n) is 11.3. The Morgan fingerprint density at radius 2 is 1.87 bits per heavy atom. The summed E-state index contributed by atoms with van der Waals surface area (Å²) in [5.41, 5.74) is 1.49. The largest absolute Gasteiger partial charge is 0.356 e. The van der Waals surface area contributed by atoms with Gasteiger partial charge in [-0.25, -0.2) is 4.98 Å². The molecule has 0 radical (unpaired) electrons. The molecule has 1 unspecified atom stereocenters. The molecule has 0 N–H and O–H groups in total. The van der Waals surface area contributed by atoms with E-state index in [1.165, 1.54) is 6.42 Å². The van der Waals surface area contributed by atoms with Gasteiger partial charge >= 0.3 is 0 Å². The molecule has 2 aliphatic heterocycles. The lowest BCUT2D eigenvalue weighted by Crippen LogP contribution is -2.50. The Morgan fingerprint density at radius 3 is 2.71 bits per heavy atom. The molecule has 3 aromatic rings. The normalized spacial score (nSPS) is 20.3. The Balaban J connectivity index is 1.13. The summed E-state index contributed by atoms with van der Waals surface area (Å²) in [5, 5.41) is 5.07. The highest BCUT2D eigenvalue weighted by Gasteiger charge is 2.27. The maximum atomic E-state index is 13.0. The number of fused-ring (bicyclic) bond motifs is 1. The molecule has 2 aliphatic rings. The van der Waals surface area contributed by atoms with E-state index in [0.29, 0.717) is 12.3 Å². The smallest absolute Gasteiger partial charge is 0.228 e. The second-order valence-electron chi connectivity index (χ2n) is 8.63. The van der Waals surface area contributed by atoms with Crippen LogP contribution >= 0.6 is 0 Å². The third-order valence-corrected chi connectivity index (χ3v) is 6.50. The van der Waals surface area contributed by atoms with Crippen LogP contribution in [0, 0.1) is 5.92 Å². The molecule has 7 heteroatoms. The van der Waals surface area contributed by atoms with Crippen LogP contribution in [0.3, 0.4) is 0 Å². The van der Waals surface area contributed by atoms with Crippen LogP contribution < -0.4 is 4.90 Å². The number of piperazine rings is 1. The molecule has 0 aliphatic carbocycles. The van der Waals surface area contributed by atoms with Crippen LogP contribution in [0.15, 0.2) is 53.2 Å². The molecule has 0 saturated carbocycles. The number of carbonyl (C=O) groups is 1. The van der Waals surface area contributed by atoms with Crippen molar-refractivity contribution in [1.29, 1.82) is 0 Å². The molecular weight excluding hydrogens is 390 g/mol. The minimum Gasteiger partial charge on any atom is -0.356 e. The van der Waals surface area contributed by atoms with E-state index >= 15 is 0 Å². The quantitative estimate of drug-likeness (QED) is 0.634. The molecule has 7 nitrogen and oxygen atoms in total. The molecule has 2 aromatic heterocycles. The van der Waals surface area contributed by atoms with Crippen molar-refractivity contribution in [2.45, 2.75) is 19.3 Å². The fourth-order valence-corrected chi connectivity index (χ4v) is 4.83. The van der Waals surface area contributed by atoms with E-state index in [0.717, 1.165) is 74.7 Å². The predicted octanol–water partition coefficient (Wildman–Crippen LogP) is 2.83. The van der Waals surface area contributed by atoms with Gasteiger partial charge < -0.3 is 14.3 Å². The number of para-hydroxylation sites is 1. The Kier molecular flexibility index (Phi) is 5.84. The average Bonchev–Trinajstić information content (AvgIpc) is 3.23. The number of anilines is 1. The van der Waals surface area contributed by atoms with Crippen molar-refractivity contribution in [2.75, 3.05) is 50.7 Å². The van der Waals surface area contributed by atoms with Gasteiger partial charge in [-0.2, -0.15) is 0 Å². The van der Waals surface area contributed by atoms with Crippen molar-refractivity contribution < 1.29 is 9.32 Å². The Bertz CT molecular complexity index is 1010. The van der Waals surface area contributed by atoms with E-state index in [1.807, 2.05) is 47.5 Å². The molecule has 2 saturated heterocycles. The first kappa shape index (κ1) is 20.0. The molecule has 4 heterocycles. The summed E-state index contributed by atoms with van der Waals surface area (Å²) >= 11 is 0. The van der Waals surface area contributed by atoms with Gasteiger partial charge in [0.25, 0.3) is 0 Å². The summed E-state index contributed by atoms with van der Waals surface area (Å²) in [6, 6.07) is 13.8. The first-order chi connectivity index (χ1) is 15.3. The molecule has 31 heavy (non-hydrogen) atoms. The van der Waals surface area contributed by atoms with Crippen LogP contribution in [0.25, 0.3) is 11.0 Å². The van der Waals surface area contributed by atoms with Crippen LogP contribution in [0.2, 0.25) is 0 Å². The number of aromatic nitrogens is 2. The van der Waals surface area contributed by atoms with Gasteiger partial charge in [-0.15, -0.1) is 0 Å². The van der Waals surface area contributed by atoms with Gasteiger partial charge in [-0.1, -0.05) is 23.4 Å². The lowest BCUT2D eigenvalue weighted by atomic mass is 9.96. The fourth-order valence-electron chi connectivity index (χ4n) is 4.83. The summed E-state index contributed by atoms with van der Waals surface area (Å²) in [6.45, 7) is 6.86. The number of rotatable bonds is 5. The zero-order chi connectivity index (χ0) is 21.0. The lowest BCUT2D eigenvalue weighted by molar-refractivity contribution is -0.132. The van der Waals surface area contributed by atoms with Crippen molar-refractivity contribution in [1.82, 2.24) is 19.9 Å². The van der Waals surface area contributed by atoms with Crippen molar-refractivity contribution >= 4 is 22.7 Å². The number of benzene rings is 1. The van der Waals surface area contributed by atoms with E-state index in [1.54, 1.807) is 0 Å². The number of hydrogen-bond donors (Lipinski definition) is 0. The predicted molar refractivity (Wildman–Crippen MR) is 120 cm³/mol. The number of hydrogen-bond acceptors (Lipinski definition) is 6. The van der Waals surface area contributed by atoms with Crippen LogP contribution in [0.4, 0.5) is 5.82 Å². The monoisotopic (exact) mass is 419 g/mol. The lowest BCUT2D eigenvalue weighted by Gasteiger charge is -2.39. The number of amides is 1. The second kappa shape index (κ2) is 9.06. The van der Waals surface area contributed by atoms with Gasteiger partial charge in [0.15, 0.2) is 5.58 Å². The summed E-state index contributed by atoms with van der Waals surface area (Å²) < 4.78 is 5.36. The molecule has 1 atom stereocenters. The second-order valence-corrected chi connectivity index (χ2v) is 8.63. The van der Waals surface area contributed by atoms with E-state index < -0.39 is 0 Å². The van der Waals surface area contributed by atoms with Crippen molar-refractivity contribution in [2.24, 2.45) is 5.92 Å². The Morgan fingerprint density at radius 1 is 1.03 bits per heavy atom. The van der Waals surface area contributed by atoms with E-state index in [-0.39, 0.29) is 5.91 Å². The van der Waals surface area contributed by atoms with E-state index in [4.69, 9.17) is 4.52 Å². The molecule has 0 bridgehead atoms. The molecule has 0 spiro atoms. The van der Waals surface area contributed by atoms with Gasteiger partial charge in [0.1, 0.15) is 11.5 Å². The Hall–Kier alpha value is -2.93. The number of piperidine rings is 1. The molecule has 2 fully saturated rings. The molecule has 5 rings (SSSR count). The fraction of sp³-hybridized carbons (Fsp3) is 0.458. The first-order valence-corrected chi connectivity index (χ1v) is 11.3. The standard InChI is InChI=1S/C24H29N5O2/c30-24(16-21-20-7-1-2-8-22(20)31-26-21)29-11-5-6-19(18-29)17-27-12-14-28(15-13-27)23-9-3-4-10-25-23/h1-4,7-10,19H,5-6,11-18H2. The van der Waals surface area contributed by atoms with Crippen LogP contribution in [-0.4, -0.2) is 71.7 Å². The van der Waals surface area contributed by atoms with Gasteiger partial charge in [0.05, 0.1) is 6.42 Å². The topological polar surface area (TPSA) is 65.7 Å². The maximum Gasteiger partial charge on any atom is 0.228 e. The molecular formula is C24H29N5O2. The molecule has 162 valence electrons. The van der Waals surface area contributed by atoms with E-state index in [9.17, 15) is 4.79 Å². The van der Waals surface area contributed by atoms with Gasteiger partial charge in [-0.05, 0) is 43.0 Å². The zero-order valence-corrected chi connectivity index (χ0v) is 17.8. The summed E-state index contributed by atoms with van der Waals surface area (Å²) in [4.78, 5) is 24.4. The zero-order valence-electron chi connectivity index (χ0n) is 17.8. The molecule has 1 amide bonds. The average molecular weight is 420 g/mol. The minimum atomic E-state index is 0.156. The number of likely N-dealkylation sites (tertiary alicyclic amines) is 1. The Labute approximate surface area is 182 Å². The van der Waals surface area contributed by atoms with Gasteiger partial charge in [-0.3, -0.25) is 9.69 Å². The van der Waals surface area contributed by atoms with Crippen LogP contribution in [-0.2, 0) is 11.2 Å². The van der Waals surface area contributed by atoms with Gasteiger partial charge in [0, 0.05) is 57.4 Å². The highest BCUT2D eigenvalue weighted by molar-refractivity contribution is 5.86. The summed E-state index contributed by atoms with van der Waals surface area (Å²) in [7, 11) is 0. The SMILES string of the molecule is O=C(Cc1noc2ccccc12)N1CCCC(CN2CCN(c3ccccn3)CC2)C1. The van der Waals surface area contributed by atoms with Crippen molar-refractivity contribution in [3.63, 3.8) is 0 Å². The van der Waals surface area contributed by atoms with Gasteiger partial charge in [0.2, 0.25) is 5.91 Å². The summed E-state index contributed by atoms with van der Waals surface area (Å²) in [5.74, 6) is 1.76. The summed E-state index contributed by atoms with van der Waals surface area (Å²) in [6.07, 6.45) is 4.44. The maximum absolute atomic E-state index is 13.0. The van der Waals surface area contributed by atoms with Crippen molar-refractivity contribution in [3.05, 3.63) is 54.4 Å². The number of nitrogens with zero attached hydrogens (tertiary/aromatic N) is 5. The number of pyridine rings is 1. The highest BCUT2D eigenvalue weighted by Crippen LogP contribution is 2.22. The number of carbonyl (C=O) groups excluding carboxylic acids is 1. The van der Waals surface area contributed by atoms with Crippen LogP contribution in [0.5, 0.6) is 0 Å².